The SMILES string of the molecule is CCCCCCCCC[C@H](CCCCCCCCCC1C[C@H]1CCCCCCCC)N(C)C. The zero-order valence-electron chi connectivity index (χ0n) is 23.9. The Hall–Kier alpha value is -0.0400. The molecule has 1 nitrogen and oxygen atoms in total. The second-order valence-corrected chi connectivity index (χ2v) is 11.9. The topological polar surface area (TPSA) is 3.24 Å². The molecule has 0 spiro atoms. The fourth-order valence-corrected chi connectivity index (χ4v) is 5.87. The molecule has 3 atom stereocenters. The largest absolute Gasteiger partial charge is 0.306 e. The van der Waals surface area contributed by atoms with Crippen LogP contribution < -0.4 is 0 Å². The Bertz CT molecular complexity index is 390. The van der Waals surface area contributed by atoms with Crippen molar-refractivity contribution >= 4 is 0 Å². The van der Waals surface area contributed by atoms with Crippen molar-refractivity contribution < 1.29 is 0 Å². The third-order valence-corrected chi connectivity index (χ3v) is 8.48. The first-order chi connectivity index (χ1) is 16.2. The van der Waals surface area contributed by atoms with Gasteiger partial charge in [-0.15, -0.1) is 0 Å². The van der Waals surface area contributed by atoms with Gasteiger partial charge in [-0.3, -0.25) is 0 Å². The lowest BCUT2D eigenvalue weighted by molar-refractivity contribution is 0.251. The molecule has 0 saturated heterocycles. The Morgan fingerprint density at radius 3 is 1.18 bits per heavy atom. The first-order valence-corrected chi connectivity index (χ1v) is 15.8. The summed E-state index contributed by atoms with van der Waals surface area (Å²) in [5.41, 5.74) is 0. The van der Waals surface area contributed by atoms with Crippen molar-refractivity contribution in [2.45, 2.75) is 180 Å². The Balaban J connectivity index is 1.84. The molecule has 0 aliphatic heterocycles. The van der Waals surface area contributed by atoms with Crippen molar-refractivity contribution in [2.24, 2.45) is 11.8 Å². The highest BCUT2D eigenvalue weighted by atomic mass is 15.1. The van der Waals surface area contributed by atoms with E-state index < -0.39 is 0 Å². The van der Waals surface area contributed by atoms with Crippen LogP contribution in [-0.2, 0) is 0 Å². The normalized spacial score (nSPS) is 18.8. The van der Waals surface area contributed by atoms with Gasteiger partial charge in [0.05, 0.1) is 0 Å². The van der Waals surface area contributed by atoms with Crippen LogP contribution in [0.3, 0.4) is 0 Å². The van der Waals surface area contributed by atoms with E-state index in [2.05, 4.69) is 32.8 Å². The third-order valence-electron chi connectivity index (χ3n) is 8.48. The van der Waals surface area contributed by atoms with E-state index in [9.17, 15) is 0 Å². The van der Waals surface area contributed by atoms with Crippen molar-refractivity contribution in [3.63, 3.8) is 0 Å². The standard InChI is InChI=1S/C32H65N/c1-5-7-9-11-14-19-23-27-32(33(3)4)28-24-20-16-13-15-18-22-26-31-29-30(31)25-21-17-12-10-8-6-2/h30-32H,5-29H2,1-4H3/t30-,31?,32-/m1/s1. The summed E-state index contributed by atoms with van der Waals surface area (Å²) in [6.45, 7) is 4.62. The molecule has 1 aliphatic carbocycles. The first kappa shape index (κ1) is 31.0. The summed E-state index contributed by atoms with van der Waals surface area (Å²) in [6.07, 6.45) is 36.7. The van der Waals surface area contributed by atoms with Gasteiger partial charge in [0.15, 0.2) is 0 Å². The van der Waals surface area contributed by atoms with Gasteiger partial charge >= 0.3 is 0 Å². The minimum atomic E-state index is 0.823. The van der Waals surface area contributed by atoms with E-state index >= 15 is 0 Å². The maximum Gasteiger partial charge on any atom is 0.00891 e. The van der Waals surface area contributed by atoms with Crippen molar-refractivity contribution in [2.75, 3.05) is 14.1 Å². The molecule has 0 radical (unpaired) electrons. The minimum absolute atomic E-state index is 0.823. The Morgan fingerprint density at radius 2 is 0.818 bits per heavy atom. The summed E-state index contributed by atoms with van der Waals surface area (Å²) in [6, 6.07) is 0.823. The van der Waals surface area contributed by atoms with Crippen molar-refractivity contribution in [1.29, 1.82) is 0 Å². The predicted molar refractivity (Wildman–Crippen MR) is 151 cm³/mol. The van der Waals surface area contributed by atoms with E-state index in [0.717, 1.165) is 17.9 Å². The highest BCUT2D eigenvalue weighted by Crippen LogP contribution is 2.45. The lowest BCUT2D eigenvalue weighted by atomic mass is 9.99. The summed E-state index contributed by atoms with van der Waals surface area (Å²) in [5.74, 6) is 2.25. The maximum atomic E-state index is 2.49. The van der Waals surface area contributed by atoms with E-state index in [1.165, 1.54) is 141 Å². The third kappa shape index (κ3) is 18.9. The van der Waals surface area contributed by atoms with Gasteiger partial charge < -0.3 is 4.90 Å². The van der Waals surface area contributed by atoms with E-state index in [-0.39, 0.29) is 0 Å². The highest BCUT2D eigenvalue weighted by Gasteiger charge is 2.34. The van der Waals surface area contributed by atoms with Crippen LogP contribution in [0.25, 0.3) is 0 Å². The molecule has 0 aromatic heterocycles. The zero-order valence-corrected chi connectivity index (χ0v) is 23.9. The summed E-state index contributed by atoms with van der Waals surface area (Å²) in [5, 5.41) is 0. The predicted octanol–water partition coefficient (Wildman–Crippen LogP) is 11.0. The number of nitrogens with zero attached hydrogens (tertiary/aromatic N) is 1. The fraction of sp³-hybridized carbons (Fsp3) is 1.00. The first-order valence-electron chi connectivity index (χ1n) is 15.8. The summed E-state index contributed by atoms with van der Waals surface area (Å²) in [7, 11) is 4.59. The molecule has 0 amide bonds. The van der Waals surface area contributed by atoms with Crippen LogP contribution in [0.4, 0.5) is 0 Å². The molecule has 0 bridgehead atoms. The second-order valence-electron chi connectivity index (χ2n) is 11.9. The summed E-state index contributed by atoms with van der Waals surface area (Å²) < 4.78 is 0. The van der Waals surface area contributed by atoms with Gasteiger partial charge in [0, 0.05) is 6.04 Å². The number of rotatable bonds is 26. The Labute approximate surface area is 211 Å². The van der Waals surface area contributed by atoms with Gasteiger partial charge in [0.1, 0.15) is 0 Å². The van der Waals surface area contributed by atoms with Crippen LogP contribution in [0.2, 0.25) is 0 Å². The van der Waals surface area contributed by atoms with E-state index in [0.29, 0.717) is 0 Å². The van der Waals surface area contributed by atoms with E-state index in [1.807, 2.05) is 0 Å². The average Bonchev–Trinajstić information content (AvgIpc) is 3.56. The Morgan fingerprint density at radius 1 is 0.485 bits per heavy atom. The molecule has 0 aromatic rings. The van der Waals surface area contributed by atoms with Gasteiger partial charge in [-0.25, -0.2) is 0 Å². The van der Waals surface area contributed by atoms with Crippen LogP contribution in [0, 0.1) is 11.8 Å². The van der Waals surface area contributed by atoms with Crippen LogP contribution in [0.5, 0.6) is 0 Å². The van der Waals surface area contributed by atoms with Gasteiger partial charge in [-0.1, -0.05) is 155 Å². The monoisotopic (exact) mass is 464 g/mol. The summed E-state index contributed by atoms with van der Waals surface area (Å²) in [4.78, 5) is 2.49. The van der Waals surface area contributed by atoms with Crippen molar-refractivity contribution in [3.05, 3.63) is 0 Å². The lowest BCUT2D eigenvalue weighted by Gasteiger charge is -2.24. The van der Waals surface area contributed by atoms with Crippen molar-refractivity contribution in [3.8, 4) is 0 Å². The smallest absolute Gasteiger partial charge is 0.00891 e. The van der Waals surface area contributed by atoms with Crippen LogP contribution in [-0.4, -0.2) is 25.0 Å². The molecular formula is C32H65N. The van der Waals surface area contributed by atoms with Crippen molar-refractivity contribution in [1.82, 2.24) is 4.90 Å². The second kappa shape index (κ2) is 22.4. The van der Waals surface area contributed by atoms with Gasteiger partial charge in [-0.05, 0) is 45.2 Å². The fourth-order valence-electron chi connectivity index (χ4n) is 5.87. The molecule has 33 heavy (non-hydrogen) atoms. The lowest BCUT2D eigenvalue weighted by Crippen LogP contribution is -2.27. The maximum absolute atomic E-state index is 2.49. The minimum Gasteiger partial charge on any atom is -0.306 e. The molecule has 0 aromatic carbocycles. The van der Waals surface area contributed by atoms with Gasteiger partial charge in [0.2, 0.25) is 0 Å². The van der Waals surface area contributed by atoms with Crippen LogP contribution in [0.15, 0.2) is 0 Å². The molecule has 1 rings (SSSR count). The van der Waals surface area contributed by atoms with Gasteiger partial charge in [-0.2, -0.15) is 0 Å². The van der Waals surface area contributed by atoms with Crippen LogP contribution >= 0.6 is 0 Å². The van der Waals surface area contributed by atoms with E-state index in [4.69, 9.17) is 0 Å². The average molecular weight is 464 g/mol. The Kier molecular flexibility index (Phi) is 21.1. The quantitative estimate of drug-likeness (QED) is 0.115. The number of hydrogen-bond acceptors (Lipinski definition) is 1. The molecule has 198 valence electrons. The molecule has 1 saturated carbocycles. The van der Waals surface area contributed by atoms with Crippen LogP contribution in [0.1, 0.15) is 174 Å². The van der Waals surface area contributed by atoms with E-state index in [1.54, 1.807) is 19.3 Å². The molecule has 0 heterocycles. The molecule has 0 N–H and O–H groups in total. The molecular weight excluding hydrogens is 398 g/mol. The molecule has 1 heteroatoms. The molecule has 1 unspecified atom stereocenters. The highest BCUT2D eigenvalue weighted by molar-refractivity contribution is 4.85. The number of unbranched alkanes of at least 4 members (excludes halogenated alkanes) is 17. The number of hydrogen-bond donors (Lipinski definition) is 0. The summed E-state index contributed by atoms with van der Waals surface area (Å²) >= 11 is 0. The molecule has 1 fully saturated rings. The van der Waals surface area contributed by atoms with Gasteiger partial charge in [0.25, 0.3) is 0 Å². The zero-order chi connectivity index (χ0) is 24.0. The molecule has 1 aliphatic rings.